The van der Waals surface area contributed by atoms with E-state index in [0.717, 1.165) is 12.0 Å². The second-order valence-electron chi connectivity index (χ2n) is 12.5. The average Bonchev–Trinajstić information content (AvgIpc) is 2.84. The predicted molar refractivity (Wildman–Crippen MR) is 148 cm³/mol. The number of aldehydes is 1. The van der Waals surface area contributed by atoms with E-state index in [0.29, 0.717) is 42.3 Å². The van der Waals surface area contributed by atoms with E-state index in [4.69, 9.17) is 4.74 Å². The van der Waals surface area contributed by atoms with Crippen molar-refractivity contribution >= 4 is 23.7 Å². The summed E-state index contributed by atoms with van der Waals surface area (Å²) < 4.78 is 30.9. The van der Waals surface area contributed by atoms with Crippen LogP contribution in [-0.2, 0) is 0 Å². The van der Waals surface area contributed by atoms with Crippen LogP contribution in [0.25, 0.3) is 0 Å². The predicted octanol–water partition coefficient (Wildman–Crippen LogP) is 5.50. The van der Waals surface area contributed by atoms with Gasteiger partial charge in [-0.25, -0.2) is 13.8 Å². The van der Waals surface area contributed by atoms with Gasteiger partial charge in [-0.3, -0.25) is 14.6 Å². The van der Waals surface area contributed by atoms with Crippen LogP contribution < -0.4 is 15.0 Å². The molecule has 2 aromatic heterocycles. The van der Waals surface area contributed by atoms with Crippen LogP contribution in [0, 0.1) is 5.41 Å². The van der Waals surface area contributed by atoms with Crippen molar-refractivity contribution in [2.45, 2.75) is 78.4 Å². The van der Waals surface area contributed by atoms with Crippen LogP contribution in [0.2, 0.25) is 0 Å². The number of piperidine rings is 1. The summed E-state index contributed by atoms with van der Waals surface area (Å²) in [6.45, 7) is 15.9. The van der Waals surface area contributed by atoms with Gasteiger partial charge in [-0.1, -0.05) is 20.8 Å². The summed E-state index contributed by atoms with van der Waals surface area (Å²) in [5.74, 6) is -1.45. The number of fused-ring (bicyclic) bond motifs is 1. The van der Waals surface area contributed by atoms with Crippen LogP contribution in [0.3, 0.4) is 0 Å². The monoisotopic (exact) mass is 545 g/mol. The summed E-state index contributed by atoms with van der Waals surface area (Å²) >= 11 is 0. The lowest BCUT2D eigenvalue weighted by molar-refractivity contribution is -0.0504. The molecule has 2 aliphatic heterocycles. The highest BCUT2D eigenvalue weighted by Gasteiger charge is 2.50. The minimum atomic E-state index is -2.38. The molecule has 214 valence electrons. The topological polar surface area (TPSA) is 87.7 Å². The number of pyridine rings is 2. The fraction of sp³-hybridized carbons (Fsp3) is 0.586. The highest BCUT2D eigenvalue weighted by molar-refractivity contribution is 5.95. The van der Waals surface area contributed by atoms with Crippen LogP contribution >= 0.6 is 0 Å². The van der Waals surface area contributed by atoms with Gasteiger partial charge in [0.2, 0.25) is 0 Å². The number of amides is 1. The standard InChI is InChI=1S/C23H30N4O3.C6H11F2N/c1-21(2,3)14-26-20(29)16-9-17(12-24-11-16)27-19-18(8-15(13-28)10-25-19)30-23(6,7)22(27,4)5;1-9-4-2-6(7,8)3-5-9/h8-13H,14H2,1-7H3,(H,26,29);2-5H2,1H3. The molecule has 0 atom stereocenters. The van der Waals surface area contributed by atoms with Gasteiger partial charge in [0.1, 0.15) is 5.60 Å². The molecule has 1 N–H and O–H groups in total. The van der Waals surface area contributed by atoms with E-state index in [-0.39, 0.29) is 24.2 Å². The van der Waals surface area contributed by atoms with Crippen molar-refractivity contribution in [3.63, 3.8) is 0 Å². The smallest absolute Gasteiger partial charge is 0.252 e. The van der Waals surface area contributed by atoms with Crippen molar-refractivity contribution in [2.24, 2.45) is 5.41 Å². The Morgan fingerprint density at radius 3 is 2.31 bits per heavy atom. The van der Waals surface area contributed by atoms with Gasteiger partial charge in [-0.05, 0) is 52.3 Å². The molecule has 0 unspecified atom stereocenters. The highest BCUT2D eigenvalue weighted by atomic mass is 19.3. The molecule has 0 aromatic carbocycles. The maximum atomic E-state index is 12.7. The summed E-state index contributed by atoms with van der Waals surface area (Å²) in [6.07, 6.45) is 5.60. The maximum Gasteiger partial charge on any atom is 0.252 e. The Morgan fingerprint density at radius 1 is 1.10 bits per heavy atom. The van der Waals surface area contributed by atoms with Crippen molar-refractivity contribution in [3.8, 4) is 5.75 Å². The summed E-state index contributed by atoms with van der Waals surface area (Å²) in [5, 5.41) is 2.96. The number of rotatable bonds is 4. The van der Waals surface area contributed by atoms with E-state index in [9.17, 15) is 18.4 Å². The number of aromatic nitrogens is 2. The molecule has 4 heterocycles. The Balaban J connectivity index is 0.000000395. The fourth-order valence-electron chi connectivity index (χ4n) is 4.21. The molecule has 2 aromatic rings. The van der Waals surface area contributed by atoms with Crippen LogP contribution in [0.4, 0.5) is 20.3 Å². The summed E-state index contributed by atoms with van der Waals surface area (Å²) in [7, 11) is 1.87. The van der Waals surface area contributed by atoms with Gasteiger partial charge in [0.15, 0.2) is 17.9 Å². The molecule has 1 saturated heterocycles. The van der Waals surface area contributed by atoms with Crippen LogP contribution in [-0.4, -0.2) is 70.8 Å². The number of halogens is 2. The van der Waals surface area contributed by atoms with E-state index in [1.54, 1.807) is 18.5 Å². The lowest BCUT2D eigenvalue weighted by atomic mass is 9.82. The summed E-state index contributed by atoms with van der Waals surface area (Å²) in [6, 6.07) is 3.50. The molecular formula is C29H41F2N5O3. The van der Waals surface area contributed by atoms with Gasteiger partial charge in [-0.15, -0.1) is 0 Å². The molecule has 2 aliphatic rings. The lowest BCUT2D eigenvalue weighted by Gasteiger charge is -2.53. The molecule has 8 nitrogen and oxygen atoms in total. The maximum absolute atomic E-state index is 12.7. The number of anilines is 2. The number of carbonyl (C=O) groups is 2. The van der Waals surface area contributed by atoms with Crippen LogP contribution in [0.15, 0.2) is 30.7 Å². The largest absolute Gasteiger partial charge is 0.481 e. The van der Waals surface area contributed by atoms with Crippen LogP contribution in [0.5, 0.6) is 5.75 Å². The molecule has 10 heteroatoms. The van der Waals surface area contributed by atoms with E-state index >= 15 is 0 Å². The first kappa shape index (κ1) is 30.4. The second kappa shape index (κ2) is 11.2. The first-order valence-corrected chi connectivity index (χ1v) is 13.2. The van der Waals surface area contributed by atoms with Crippen molar-refractivity contribution in [3.05, 3.63) is 41.9 Å². The summed E-state index contributed by atoms with van der Waals surface area (Å²) in [4.78, 5) is 36.7. The minimum absolute atomic E-state index is 0.0178. The zero-order chi connectivity index (χ0) is 29.2. The Morgan fingerprint density at radius 2 is 1.74 bits per heavy atom. The quantitative estimate of drug-likeness (QED) is 0.508. The van der Waals surface area contributed by atoms with Crippen LogP contribution in [0.1, 0.15) is 82.0 Å². The number of hydrogen-bond acceptors (Lipinski definition) is 7. The summed E-state index contributed by atoms with van der Waals surface area (Å²) in [5.41, 5.74) is 0.509. The Hall–Kier alpha value is -3.14. The number of nitrogens with zero attached hydrogens (tertiary/aromatic N) is 4. The number of ether oxygens (including phenoxy) is 1. The lowest BCUT2D eigenvalue weighted by Crippen LogP contribution is -2.62. The molecule has 4 rings (SSSR count). The molecule has 0 saturated carbocycles. The fourth-order valence-corrected chi connectivity index (χ4v) is 4.21. The zero-order valence-corrected chi connectivity index (χ0v) is 24.3. The second-order valence-corrected chi connectivity index (χ2v) is 12.5. The number of carbonyl (C=O) groups excluding carboxylic acids is 2. The van der Waals surface area contributed by atoms with E-state index < -0.39 is 17.1 Å². The Labute approximate surface area is 230 Å². The van der Waals surface area contributed by atoms with E-state index in [1.165, 1.54) is 6.20 Å². The highest BCUT2D eigenvalue weighted by Crippen LogP contribution is 2.48. The zero-order valence-electron chi connectivity index (χ0n) is 24.3. The number of likely N-dealkylation sites (tertiary alicyclic amines) is 1. The van der Waals surface area contributed by atoms with Crippen molar-refractivity contribution < 1.29 is 23.1 Å². The molecular weight excluding hydrogens is 504 g/mol. The SMILES string of the molecule is CC(C)(C)CNC(=O)c1cncc(N2c3ncc(C=O)cc3OC(C)(C)C2(C)C)c1.CN1CCC(F)(F)CC1. The third kappa shape index (κ3) is 7.29. The Kier molecular flexibility index (Phi) is 8.69. The third-order valence-electron chi connectivity index (χ3n) is 7.34. The van der Waals surface area contributed by atoms with Crippen molar-refractivity contribution in [2.75, 3.05) is 31.6 Å². The molecule has 1 amide bonds. The molecule has 0 radical (unpaired) electrons. The van der Waals surface area contributed by atoms with Gasteiger partial charge < -0.3 is 19.9 Å². The molecule has 1 fully saturated rings. The van der Waals surface area contributed by atoms with Gasteiger partial charge in [0, 0.05) is 50.4 Å². The first-order chi connectivity index (χ1) is 18.0. The minimum Gasteiger partial charge on any atom is -0.481 e. The normalized spacial score (nSPS) is 19.6. The Bertz CT molecular complexity index is 1180. The van der Waals surface area contributed by atoms with Gasteiger partial charge in [-0.2, -0.15) is 0 Å². The molecule has 0 aliphatic carbocycles. The number of hydrogen-bond donors (Lipinski definition) is 1. The van der Waals surface area contributed by atoms with E-state index in [1.807, 2.05) is 36.8 Å². The number of alkyl halides is 2. The van der Waals surface area contributed by atoms with Gasteiger partial charge in [0.25, 0.3) is 11.8 Å². The molecule has 39 heavy (non-hydrogen) atoms. The van der Waals surface area contributed by atoms with E-state index in [2.05, 4.69) is 49.9 Å². The molecule has 0 spiro atoms. The first-order valence-electron chi connectivity index (χ1n) is 13.2. The van der Waals surface area contributed by atoms with Gasteiger partial charge >= 0.3 is 0 Å². The van der Waals surface area contributed by atoms with Crippen molar-refractivity contribution in [1.82, 2.24) is 20.2 Å². The number of nitrogens with one attached hydrogen (secondary N) is 1. The van der Waals surface area contributed by atoms with Crippen molar-refractivity contribution in [1.29, 1.82) is 0 Å². The third-order valence-corrected chi connectivity index (χ3v) is 7.34. The molecule has 0 bridgehead atoms. The average molecular weight is 546 g/mol. The van der Waals surface area contributed by atoms with Gasteiger partial charge in [0.05, 0.1) is 23.0 Å².